The summed E-state index contributed by atoms with van der Waals surface area (Å²) in [5, 5.41) is 2.95. The van der Waals surface area contributed by atoms with Crippen molar-refractivity contribution in [2.45, 2.75) is 38.7 Å². The molecule has 1 aliphatic carbocycles. The van der Waals surface area contributed by atoms with E-state index in [0.29, 0.717) is 30.7 Å². The molecule has 1 amide bonds. The lowest BCUT2D eigenvalue weighted by Crippen LogP contribution is -2.36. The van der Waals surface area contributed by atoms with Gasteiger partial charge in [-0.1, -0.05) is 19.8 Å². The fraction of sp³-hybridized carbons (Fsp3) is 0.650. The van der Waals surface area contributed by atoms with Gasteiger partial charge in [0.1, 0.15) is 0 Å². The van der Waals surface area contributed by atoms with Gasteiger partial charge in [0.05, 0.1) is 25.9 Å². The van der Waals surface area contributed by atoms with Crippen LogP contribution in [0.1, 0.15) is 43.0 Å². The Labute approximate surface area is 150 Å². The molecule has 3 rings (SSSR count). The molecule has 5 heteroatoms. The molecule has 5 nitrogen and oxygen atoms in total. The molecule has 0 bridgehead atoms. The summed E-state index contributed by atoms with van der Waals surface area (Å²) in [6, 6.07) is 7.81. The van der Waals surface area contributed by atoms with E-state index in [4.69, 9.17) is 9.47 Å². The molecular formula is C20H30N2O3. The SMILES string of the molecule is CC1CCCCC1OCCNC(=O)c1ccc(N2CCOCC2)cc1. The van der Waals surface area contributed by atoms with Gasteiger partial charge >= 0.3 is 0 Å². The maximum Gasteiger partial charge on any atom is 0.251 e. The minimum absolute atomic E-state index is 0.0335. The third-order valence-corrected chi connectivity index (χ3v) is 5.26. The Morgan fingerprint density at radius 2 is 1.92 bits per heavy atom. The Morgan fingerprint density at radius 3 is 2.64 bits per heavy atom. The summed E-state index contributed by atoms with van der Waals surface area (Å²) in [4.78, 5) is 14.5. The van der Waals surface area contributed by atoms with E-state index in [1.807, 2.05) is 24.3 Å². The lowest BCUT2D eigenvalue weighted by Gasteiger charge is -2.29. The molecule has 0 aromatic heterocycles. The number of benzene rings is 1. The van der Waals surface area contributed by atoms with E-state index in [-0.39, 0.29) is 5.91 Å². The number of amides is 1. The Kier molecular flexibility index (Phi) is 6.70. The summed E-state index contributed by atoms with van der Waals surface area (Å²) in [5.41, 5.74) is 1.84. The largest absolute Gasteiger partial charge is 0.378 e. The van der Waals surface area contributed by atoms with Crippen LogP contribution in [0.2, 0.25) is 0 Å². The lowest BCUT2D eigenvalue weighted by molar-refractivity contribution is -0.00293. The van der Waals surface area contributed by atoms with Gasteiger partial charge in [-0.2, -0.15) is 0 Å². The molecule has 2 unspecified atom stereocenters. The highest BCUT2D eigenvalue weighted by Gasteiger charge is 2.21. The zero-order chi connectivity index (χ0) is 17.5. The quantitative estimate of drug-likeness (QED) is 0.805. The van der Waals surface area contributed by atoms with E-state index in [9.17, 15) is 4.79 Å². The second-order valence-electron chi connectivity index (χ2n) is 7.07. The Bertz CT molecular complexity index is 540. The minimum Gasteiger partial charge on any atom is -0.378 e. The van der Waals surface area contributed by atoms with Crippen molar-refractivity contribution in [3.05, 3.63) is 29.8 Å². The van der Waals surface area contributed by atoms with Crippen LogP contribution >= 0.6 is 0 Å². The van der Waals surface area contributed by atoms with Crippen molar-refractivity contribution in [1.82, 2.24) is 5.32 Å². The predicted octanol–water partition coefficient (Wildman–Crippen LogP) is 2.85. The van der Waals surface area contributed by atoms with E-state index in [0.717, 1.165) is 38.4 Å². The molecule has 1 aliphatic heterocycles. The van der Waals surface area contributed by atoms with Gasteiger partial charge < -0.3 is 19.7 Å². The Morgan fingerprint density at radius 1 is 1.20 bits per heavy atom. The highest BCUT2D eigenvalue weighted by Crippen LogP contribution is 2.26. The molecule has 1 aromatic carbocycles. The van der Waals surface area contributed by atoms with Gasteiger partial charge in [-0.05, 0) is 43.0 Å². The van der Waals surface area contributed by atoms with Crippen LogP contribution in [0.5, 0.6) is 0 Å². The number of hydrogen-bond donors (Lipinski definition) is 1. The van der Waals surface area contributed by atoms with Gasteiger partial charge in [-0.25, -0.2) is 0 Å². The fourth-order valence-electron chi connectivity index (χ4n) is 3.65. The maximum atomic E-state index is 12.2. The molecule has 2 fully saturated rings. The average Bonchev–Trinajstić information content (AvgIpc) is 2.67. The van der Waals surface area contributed by atoms with Crippen LogP contribution in [0.3, 0.4) is 0 Å². The maximum absolute atomic E-state index is 12.2. The first-order valence-corrected chi connectivity index (χ1v) is 9.56. The number of hydrogen-bond acceptors (Lipinski definition) is 4. The van der Waals surface area contributed by atoms with Gasteiger partial charge in [0.25, 0.3) is 5.91 Å². The Balaban J connectivity index is 1.40. The van der Waals surface area contributed by atoms with Crippen LogP contribution in [-0.4, -0.2) is 51.5 Å². The van der Waals surface area contributed by atoms with Crippen molar-refractivity contribution in [1.29, 1.82) is 0 Å². The van der Waals surface area contributed by atoms with Gasteiger partial charge in [0.15, 0.2) is 0 Å². The average molecular weight is 346 g/mol. The molecule has 138 valence electrons. The zero-order valence-corrected chi connectivity index (χ0v) is 15.2. The van der Waals surface area contributed by atoms with Gasteiger partial charge in [0, 0.05) is 30.9 Å². The summed E-state index contributed by atoms with van der Waals surface area (Å²) < 4.78 is 11.3. The van der Waals surface area contributed by atoms with Crippen molar-refractivity contribution < 1.29 is 14.3 Å². The van der Waals surface area contributed by atoms with Gasteiger partial charge in [0.2, 0.25) is 0 Å². The molecule has 2 aliphatic rings. The Hall–Kier alpha value is -1.59. The molecule has 1 N–H and O–H groups in total. The van der Waals surface area contributed by atoms with Crippen LogP contribution in [0.4, 0.5) is 5.69 Å². The molecular weight excluding hydrogens is 316 g/mol. The third-order valence-electron chi connectivity index (χ3n) is 5.26. The van der Waals surface area contributed by atoms with Gasteiger partial charge in [-0.3, -0.25) is 4.79 Å². The lowest BCUT2D eigenvalue weighted by atomic mass is 9.88. The van der Waals surface area contributed by atoms with E-state index >= 15 is 0 Å². The van der Waals surface area contributed by atoms with Crippen molar-refractivity contribution in [3.8, 4) is 0 Å². The minimum atomic E-state index is -0.0335. The number of carbonyl (C=O) groups is 1. The van der Waals surface area contributed by atoms with E-state index in [2.05, 4.69) is 17.1 Å². The van der Waals surface area contributed by atoms with Crippen LogP contribution in [0, 0.1) is 5.92 Å². The second kappa shape index (κ2) is 9.20. The highest BCUT2D eigenvalue weighted by atomic mass is 16.5. The summed E-state index contributed by atoms with van der Waals surface area (Å²) in [6.07, 6.45) is 5.35. The van der Waals surface area contributed by atoms with E-state index < -0.39 is 0 Å². The molecule has 0 spiro atoms. The number of ether oxygens (including phenoxy) is 2. The molecule has 1 aromatic rings. The number of anilines is 1. The molecule has 1 heterocycles. The molecule has 1 saturated carbocycles. The number of carbonyl (C=O) groups excluding carboxylic acids is 1. The van der Waals surface area contributed by atoms with E-state index in [1.165, 1.54) is 19.3 Å². The smallest absolute Gasteiger partial charge is 0.251 e. The number of rotatable bonds is 6. The first kappa shape index (κ1) is 18.2. The summed E-state index contributed by atoms with van der Waals surface area (Å²) in [6.45, 7) is 6.76. The number of nitrogens with zero attached hydrogens (tertiary/aromatic N) is 1. The second-order valence-corrected chi connectivity index (χ2v) is 7.07. The standard InChI is InChI=1S/C20H30N2O3/c1-16-4-2-3-5-19(16)25-13-10-21-20(23)17-6-8-18(9-7-17)22-11-14-24-15-12-22/h6-9,16,19H,2-5,10-15H2,1H3,(H,21,23). The van der Waals surface area contributed by atoms with Crippen LogP contribution in [-0.2, 0) is 9.47 Å². The summed E-state index contributed by atoms with van der Waals surface area (Å²) in [5.74, 6) is 0.603. The van der Waals surface area contributed by atoms with Crippen molar-refractivity contribution in [2.24, 2.45) is 5.92 Å². The summed E-state index contributed by atoms with van der Waals surface area (Å²) in [7, 11) is 0. The van der Waals surface area contributed by atoms with Crippen LogP contribution in [0.25, 0.3) is 0 Å². The van der Waals surface area contributed by atoms with Crippen LogP contribution in [0.15, 0.2) is 24.3 Å². The van der Waals surface area contributed by atoms with Crippen molar-refractivity contribution in [2.75, 3.05) is 44.4 Å². The van der Waals surface area contributed by atoms with Crippen molar-refractivity contribution >= 4 is 11.6 Å². The fourth-order valence-corrected chi connectivity index (χ4v) is 3.65. The summed E-state index contributed by atoms with van der Waals surface area (Å²) >= 11 is 0. The molecule has 2 atom stereocenters. The topological polar surface area (TPSA) is 50.8 Å². The molecule has 1 saturated heterocycles. The monoisotopic (exact) mass is 346 g/mol. The number of morpholine rings is 1. The van der Waals surface area contributed by atoms with Crippen molar-refractivity contribution in [3.63, 3.8) is 0 Å². The zero-order valence-electron chi connectivity index (χ0n) is 15.2. The predicted molar refractivity (Wildman–Crippen MR) is 99.2 cm³/mol. The van der Waals surface area contributed by atoms with Crippen LogP contribution < -0.4 is 10.2 Å². The third kappa shape index (κ3) is 5.19. The van der Waals surface area contributed by atoms with Gasteiger partial charge in [-0.15, -0.1) is 0 Å². The first-order valence-electron chi connectivity index (χ1n) is 9.56. The molecule has 0 radical (unpaired) electrons. The molecule has 25 heavy (non-hydrogen) atoms. The highest BCUT2D eigenvalue weighted by molar-refractivity contribution is 5.94. The van der Waals surface area contributed by atoms with E-state index in [1.54, 1.807) is 0 Å². The first-order chi connectivity index (χ1) is 12.2. The normalized spacial score (nSPS) is 24.1. The number of nitrogens with one attached hydrogen (secondary N) is 1.